The van der Waals surface area contributed by atoms with E-state index in [0.29, 0.717) is 30.4 Å². The minimum atomic E-state index is -0.708. The van der Waals surface area contributed by atoms with Crippen molar-refractivity contribution in [3.05, 3.63) is 29.5 Å². The summed E-state index contributed by atoms with van der Waals surface area (Å²) < 4.78 is 13.1. The standard InChI is InChI=1S/C18H24N6O2/c1-6-25-13-8-18(19,17(13,4)5)16-22-14(23-26-16)12-9-20-24-11(3)7-10(2)21-15(12)24/h7,9,13H,6,8,19H2,1-5H3. The maximum absolute atomic E-state index is 6.64. The number of aromatic nitrogens is 5. The molecule has 1 aliphatic carbocycles. The van der Waals surface area contributed by atoms with Crippen LogP contribution in [-0.4, -0.2) is 37.4 Å². The molecule has 4 rings (SSSR count). The highest BCUT2D eigenvalue weighted by Crippen LogP contribution is 2.55. The molecule has 2 N–H and O–H groups in total. The quantitative estimate of drug-likeness (QED) is 0.765. The highest BCUT2D eigenvalue weighted by atomic mass is 16.5. The Hall–Kier alpha value is -2.32. The van der Waals surface area contributed by atoms with E-state index >= 15 is 0 Å². The second-order valence-electron chi connectivity index (χ2n) is 7.60. The summed E-state index contributed by atoms with van der Waals surface area (Å²) in [6.45, 7) is 10.7. The molecule has 0 bridgehead atoms. The molecule has 3 aromatic rings. The van der Waals surface area contributed by atoms with Gasteiger partial charge in [0.25, 0.3) is 0 Å². The highest BCUT2D eigenvalue weighted by molar-refractivity contribution is 5.72. The third-order valence-electron chi connectivity index (χ3n) is 5.66. The van der Waals surface area contributed by atoms with Crippen LogP contribution in [-0.2, 0) is 10.3 Å². The molecule has 26 heavy (non-hydrogen) atoms. The molecule has 1 fully saturated rings. The summed E-state index contributed by atoms with van der Waals surface area (Å²) in [6, 6.07) is 1.98. The molecule has 8 heteroatoms. The SMILES string of the molecule is CCOC1CC(N)(c2nc(-c3cnn4c(C)cc(C)nc34)no2)C1(C)C. The van der Waals surface area contributed by atoms with Gasteiger partial charge in [-0.15, -0.1) is 0 Å². The molecule has 3 heterocycles. The number of hydrogen-bond acceptors (Lipinski definition) is 7. The van der Waals surface area contributed by atoms with Gasteiger partial charge in [0.2, 0.25) is 11.7 Å². The van der Waals surface area contributed by atoms with Crippen LogP contribution in [0, 0.1) is 19.3 Å². The van der Waals surface area contributed by atoms with Crippen LogP contribution in [0.2, 0.25) is 0 Å². The van der Waals surface area contributed by atoms with Crippen LogP contribution in [0.1, 0.15) is 44.5 Å². The van der Waals surface area contributed by atoms with Crippen LogP contribution in [0.3, 0.4) is 0 Å². The van der Waals surface area contributed by atoms with Crippen molar-refractivity contribution < 1.29 is 9.26 Å². The molecular weight excluding hydrogens is 332 g/mol. The van der Waals surface area contributed by atoms with Crippen molar-refractivity contribution in [1.82, 2.24) is 24.7 Å². The summed E-state index contributed by atoms with van der Waals surface area (Å²) in [6.07, 6.45) is 2.44. The van der Waals surface area contributed by atoms with Crippen molar-refractivity contribution >= 4 is 5.65 Å². The Morgan fingerprint density at radius 3 is 2.81 bits per heavy atom. The van der Waals surface area contributed by atoms with Gasteiger partial charge < -0.3 is 15.0 Å². The molecule has 0 aliphatic heterocycles. The zero-order valence-corrected chi connectivity index (χ0v) is 15.8. The lowest BCUT2D eigenvalue weighted by Gasteiger charge is -2.56. The molecule has 0 spiro atoms. The Balaban J connectivity index is 1.72. The average Bonchev–Trinajstić information content (AvgIpc) is 3.21. The minimum Gasteiger partial charge on any atom is -0.378 e. The van der Waals surface area contributed by atoms with E-state index in [0.717, 1.165) is 17.0 Å². The molecule has 0 aromatic carbocycles. The van der Waals surface area contributed by atoms with Gasteiger partial charge in [0.15, 0.2) is 5.65 Å². The predicted molar refractivity (Wildman–Crippen MR) is 95.4 cm³/mol. The first kappa shape index (κ1) is 17.1. The first-order valence-electron chi connectivity index (χ1n) is 8.85. The number of nitrogens with zero attached hydrogens (tertiary/aromatic N) is 5. The Bertz CT molecular complexity index is 975. The van der Waals surface area contributed by atoms with Crippen molar-refractivity contribution in [2.75, 3.05) is 6.61 Å². The van der Waals surface area contributed by atoms with Gasteiger partial charge in [-0.1, -0.05) is 19.0 Å². The lowest BCUT2D eigenvalue weighted by Crippen LogP contribution is -2.67. The first-order valence-corrected chi connectivity index (χ1v) is 8.85. The maximum Gasteiger partial charge on any atom is 0.247 e. The summed E-state index contributed by atoms with van der Waals surface area (Å²) in [5.74, 6) is 0.880. The second kappa shape index (κ2) is 5.59. The van der Waals surface area contributed by atoms with Crippen LogP contribution in [0.5, 0.6) is 0 Å². The molecule has 0 saturated heterocycles. The summed E-state index contributed by atoms with van der Waals surface area (Å²) in [4.78, 5) is 9.17. The van der Waals surface area contributed by atoms with Crippen LogP contribution in [0.15, 0.2) is 16.8 Å². The van der Waals surface area contributed by atoms with E-state index in [1.54, 1.807) is 10.7 Å². The zero-order valence-electron chi connectivity index (χ0n) is 15.8. The number of hydrogen-bond donors (Lipinski definition) is 1. The van der Waals surface area contributed by atoms with Crippen LogP contribution < -0.4 is 5.73 Å². The van der Waals surface area contributed by atoms with Crippen molar-refractivity contribution in [2.24, 2.45) is 11.1 Å². The lowest BCUT2D eigenvalue weighted by atomic mass is 9.54. The van der Waals surface area contributed by atoms with Gasteiger partial charge in [0.1, 0.15) is 5.54 Å². The molecule has 3 aromatic heterocycles. The molecular formula is C18H24N6O2. The van der Waals surface area contributed by atoms with Gasteiger partial charge in [-0.05, 0) is 26.8 Å². The van der Waals surface area contributed by atoms with Crippen LogP contribution >= 0.6 is 0 Å². The third-order valence-corrected chi connectivity index (χ3v) is 5.66. The molecule has 0 amide bonds. The molecule has 8 nitrogen and oxygen atoms in total. The highest BCUT2D eigenvalue weighted by Gasteiger charge is 2.62. The summed E-state index contributed by atoms with van der Waals surface area (Å²) >= 11 is 0. The number of aryl methyl sites for hydroxylation is 2. The van der Waals surface area contributed by atoms with Crippen molar-refractivity contribution in [2.45, 2.75) is 52.7 Å². The van der Waals surface area contributed by atoms with Crippen molar-refractivity contribution in [3.63, 3.8) is 0 Å². The number of nitrogens with two attached hydrogens (primary N) is 1. The Labute approximate surface area is 151 Å². The fourth-order valence-electron chi connectivity index (χ4n) is 3.74. The second-order valence-corrected chi connectivity index (χ2v) is 7.60. The molecule has 1 saturated carbocycles. The maximum atomic E-state index is 6.64. The van der Waals surface area contributed by atoms with E-state index in [2.05, 4.69) is 34.1 Å². The fraction of sp³-hybridized carbons (Fsp3) is 0.556. The van der Waals surface area contributed by atoms with Gasteiger partial charge in [-0.3, -0.25) is 0 Å². The average molecular weight is 356 g/mol. The Morgan fingerprint density at radius 2 is 2.12 bits per heavy atom. The van der Waals surface area contributed by atoms with Crippen LogP contribution in [0.4, 0.5) is 0 Å². The predicted octanol–water partition coefficient (Wildman–Crippen LogP) is 2.39. The van der Waals surface area contributed by atoms with Crippen molar-refractivity contribution in [1.29, 1.82) is 0 Å². The van der Waals surface area contributed by atoms with Gasteiger partial charge in [0, 0.05) is 29.8 Å². The van der Waals surface area contributed by atoms with Gasteiger partial charge in [-0.25, -0.2) is 9.50 Å². The van der Waals surface area contributed by atoms with Gasteiger partial charge >= 0.3 is 0 Å². The summed E-state index contributed by atoms with van der Waals surface area (Å²) in [7, 11) is 0. The van der Waals surface area contributed by atoms with E-state index in [1.165, 1.54) is 0 Å². The summed E-state index contributed by atoms with van der Waals surface area (Å²) in [5.41, 5.74) is 8.99. The summed E-state index contributed by atoms with van der Waals surface area (Å²) in [5, 5.41) is 8.54. The minimum absolute atomic E-state index is 0.0804. The topological polar surface area (TPSA) is 104 Å². The van der Waals surface area contributed by atoms with Gasteiger partial charge in [0.05, 0.1) is 17.9 Å². The largest absolute Gasteiger partial charge is 0.378 e. The number of ether oxygens (including phenoxy) is 1. The number of rotatable bonds is 4. The molecule has 0 radical (unpaired) electrons. The lowest BCUT2D eigenvalue weighted by molar-refractivity contribution is -0.162. The third kappa shape index (κ3) is 2.22. The molecule has 2 unspecified atom stereocenters. The molecule has 2 atom stereocenters. The molecule has 138 valence electrons. The van der Waals surface area contributed by atoms with E-state index in [-0.39, 0.29) is 11.5 Å². The monoisotopic (exact) mass is 356 g/mol. The van der Waals surface area contributed by atoms with E-state index in [9.17, 15) is 0 Å². The van der Waals surface area contributed by atoms with Crippen LogP contribution in [0.25, 0.3) is 17.0 Å². The number of fused-ring (bicyclic) bond motifs is 1. The zero-order chi connectivity index (χ0) is 18.7. The van der Waals surface area contributed by atoms with E-state index in [1.807, 2.05) is 26.8 Å². The fourth-order valence-corrected chi connectivity index (χ4v) is 3.74. The van der Waals surface area contributed by atoms with E-state index in [4.69, 9.17) is 15.0 Å². The van der Waals surface area contributed by atoms with Gasteiger partial charge in [-0.2, -0.15) is 10.1 Å². The van der Waals surface area contributed by atoms with Crippen molar-refractivity contribution in [3.8, 4) is 11.4 Å². The normalized spacial score (nSPS) is 24.8. The van der Waals surface area contributed by atoms with E-state index < -0.39 is 5.54 Å². The first-order chi connectivity index (χ1) is 12.3. The smallest absolute Gasteiger partial charge is 0.247 e. The Morgan fingerprint density at radius 1 is 1.35 bits per heavy atom. The molecule has 1 aliphatic rings. The Kier molecular flexibility index (Phi) is 3.68.